The third-order valence-electron chi connectivity index (χ3n) is 1.45. The lowest BCUT2D eigenvalue weighted by Crippen LogP contribution is -2.08. The third-order valence-corrected chi connectivity index (χ3v) is 2.02. The summed E-state index contributed by atoms with van der Waals surface area (Å²) in [7, 11) is 0. The van der Waals surface area contributed by atoms with E-state index < -0.39 is 0 Å². The molecule has 0 unspecified atom stereocenters. The van der Waals surface area contributed by atoms with Gasteiger partial charge < -0.3 is 10.5 Å². The van der Waals surface area contributed by atoms with E-state index in [0.717, 1.165) is 10.0 Å². The highest BCUT2D eigenvalue weighted by atomic mass is 79.9. The highest BCUT2D eigenvalue weighted by molar-refractivity contribution is 9.10. The molecule has 2 N–H and O–H groups in total. The normalized spacial score (nSPS) is 10.5. The molecule has 72 valence electrons. The van der Waals surface area contributed by atoms with Crippen molar-refractivity contribution in [2.75, 3.05) is 0 Å². The van der Waals surface area contributed by atoms with E-state index in [4.69, 9.17) is 10.5 Å². The summed E-state index contributed by atoms with van der Waals surface area (Å²) < 4.78 is 6.30. The fourth-order valence-corrected chi connectivity index (χ4v) is 1.38. The van der Waals surface area contributed by atoms with Gasteiger partial charge in [0.2, 0.25) is 5.88 Å². The average Bonchev–Trinajstić information content (AvgIpc) is 2.08. The molecule has 0 atom stereocenters. The van der Waals surface area contributed by atoms with E-state index in [2.05, 4.69) is 20.9 Å². The van der Waals surface area contributed by atoms with Crippen molar-refractivity contribution in [3.8, 4) is 5.88 Å². The van der Waals surface area contributed by atoms with E-state index in [1.54, 1.807) is 6.20 Å². The molecule has 0 bridgehead atoms. The van der Waals surface area contributed by atoms with Gasteiger partial charge in [0.15, 0.2) is 0 Å². The lowest BCUT2D eigenvalue weighted by molar-refractivity contribution is 0.231. The number of aromatic nitrogens is 1. The standard InChI is InChI=1S/C9H13BrN2O/c1-6(2)13-9-8(10)3-7(4-11)5-12-9/h3,5-6H,4,11H2,1-2H3. The van der Waals surface area contributed by atoms with Gasteiger partial charge in [-0.25, -0.2) is 4.98 Å². The second-order valence-corrected chi connectivity index (χ2v) is 3.86. The molecule has 0 fully saturated rings. The van der Waals surface area contributed by atoms with Crippen molar-refractivity contribution in [2.45, 2.75) is 26.5 Å². The lowest BCUT2D eigenvalue weighted by Gasteiger charge is -2.10. The maximum absolute atomic E-state index is 5.47. The van der Waals surface area contributed by atoms with Crippen LogP contribution in [-0.2, 0) is 6.54 Å². The maximum Gasteiger partial charge on any atom is 0.228 e. The van der Waals surface area contributed by atoms with Gasteiger partial charge in [0.25, 0.3) is 0 Å². The first-order valence-electron chi connectivity index (χ1n) is 4.14. The summed E-state index contributed by atoms with van der Waals surface area (Å²) in [6.45, 7) is 4.42. The molecule has 0 spiro atoms. The van der Waals surface area contributed by atoms with Crippen LogP contribution in [0.2, 0.25) is 0 Å². The number of hydrogen-bond acceptors (Lipinski definition) is 3. The Bertz CT molecular complexity index is 289. The molecule has 1 heterocycles. The Hall–Kier alpha value is -0.610. The molecule has 1 aromatic heterocycles. The van der Waals surface area contributed by atoms with E-state index in [-0.39, 0.29) is 6.10 Å². The summed E-state index contributed by atoms with van der Waals surface area (Å²) in [5, 5.41) is 0. The summed E-state index contributed by atoms with van der Waals surface area (Å²) in [6.07, 6.45) is 1.86. The molecule has 0 aliphatic rings. The Morgan fingerprint density at radius 2 is 2.31 bits per heavy atom. The SMILES string of the molecule is CC(C)Oc1ncc(CN)cc1Br. The first kappa shape index (κ1) is 10.5. The summed E-state index contributed by atoms with van der Waals surface area (Å²) in [5.41, 5.74) is 6.46. The Labute approximate surface area is 86.4 Å². The van der Waals surface area contributed by atoms with Crippen LogP contribution in [0.4, 0.5) is 0 Å². The lowest BCUT2D eigenvalue weighted by atomic mass is 10.3. The predicted octanol–water partition coefficient (Wildman–Crippen LogP) is 2.09. The smallest absolute Gasteiger partial charge is 0.228 e. The van der Waals surface area contributed by atoms with Gasteiger partial charge in [-0.1, -0.05) is 0 Å². The minimum atomic E-state index is 0.132. The largest absolute Gasteiger partial charge is 0.474 e. The fraction of sp³-hybridized carbons (Fsp3) is 0.444. The molecular formula is C9H13BrN2O. The number of pyridine rings is 1. The van der Waals surface area contributed by atoms with E-state index in [1.807, 2.05) is 19.9 Å². The fourth-order valence-electron chi connectivity index (χ4n) is 0.887. The van der Waals surface area contributed by atoms with Gasteiger partial charge in [0.05, 0.1) is 10.6 Å². The third kappa shape index (κ3) is 2.97. The Morgan fingerprint density at radius 3 is 2.77 bits per heavy atom. The van der Waals surface area contributed by atoms with Gasteiger partial charge >= 0.3 is 0 Å². The number of ether oxygens (including phenoxy) is 1. The second kappa shape index (κ2) is 4.58. The number of nitrogens with two attached hydrogens (primary N) is 1. The van der Waals surface area contributed by atoms with Gasteiger partial charge in [0, 0.05) is 12.7 Å². The van der Waals surface area contributed by atoms with Crippen LogP contribution in [-0.4, -0.2) is 11.1 Å². The average molecular weight is 245 g/mol. The molecular weight excluding hydrogens is 232 g/mol. The summed E-state index contributed by atoms with van der Waals surface area (Å²) in [6, 6.07) is 1.92. The van der Waals surface area contributed by atoms with Crippen LogP contribution in [0.1, 0.15) is 19.4 Å². The quantitative estimate of drug-likeness (QED) is 0.886. The minimum absolute atomic E-state index is 0.132. The molecule has 0 amide bonds. The first-order chi connectivity index (χ1) is 6.13. The van der Waals surface area contributed by atoms with Crippen molar-refractivity contribution in [1.29, 1.82) is 0 Å². The Morgan fingerprint density at radius 1 is 1.62 bits per heavy atom. The topological polar surface area (TPSA) is 48.1 Å². The van der Waals surface area contributed by atoms with Crippen LogP contribution in [0.3, 0.4) is 0 Å². The van der Waals surface area contributed by atoms with Gasteiger partial charge in [-0.2, -0.15) is 0 Å². The molecule has 13 heavy (non-hydrogen) atoms. The summed E-state index contributed by atoms with van der Waals surface area (Å²) in [4.78, 5) is 4.14. The van der Waals surface area contributed by atoms with E-state index >= 15 is 0 Å². The Kier molecular flexibility index (Phi) is 3.69. The molecule has 0 saturated heterocycles. The van der Waals surface area contributed by atoms with Gasteiger partial charge in [-0.05, 0) is 41.4 Å². The van der Waals surface area contributed by atoms with Crippen LogP contribution in [0, 0.1) is 0 Å². The summed E-state index contributed by atoms with van der Waals surface area (Å²) >= 11 is 3.37. The molecule has 0 radical (unpaired) electrons. The van der Waals surface area contributed by atoms with Crippen molar-refractivity contribution >= 4 is 15.9 Å². The van der Waals surface area contributed by atoms with Crippen LogP contribution in [0.15, 0.2) is 16.7 Å². The van der Waals surface area contributed by atoms with Gasteiger partial charge in [-0.3, -0.25) is 0 Å². The summed E-state index contributed by atoms with van der Waals surface area (Å²) in [5.74, 6) is 0.618. The molecule has 3 nitrogen and oxygen atoms in total. The molecule has 1 aromatic rings. The zero-order valence-electron chi connectivity index (χ0n) is 7.75. The Balaban J connectivity index is 2.85. The van der Waals surface area contributed by atoms with Crippen LogP contribution in [0.25, 0.3) is 0 Å². The predicted molar refractivity (Wildman–Crippen MR) is 55.6 cm³/mol. The van der Waals surface area contributed by atoms with Crippen LogP contribution < -0.4 is 10.5 Å². The van der Waals surface area contributed by atoms with Crippen molar-refractivity contribution < 1.29 is 4.74 Å². The molecule has 0 aromatic carbocycles. The molecule has 0 aliphatic carbocycles. The number of halogens is 1. The molecule has 1 rings (SSSR count). The first-order valence-corrected chi connectivity index (χ1v) is 4.94. The highest BCUT2D eigenvalue weighted by Gasteiger charge is 2.05. The zero-order chi connectivity index (χ0) is 9.84. The second-order valence-electron chi connectivity index (χ2n) is 3.00. The van der Waals surface area contributed by atoms with Crippen molar-refractivity contribution in [3.05, 3.63) is 22.3 Å². The van der Waals surface area contributed by atoms with Crippen LogP contribution >= 0.6 is 15.9 Å². The number of rotatable bonds is 3. The monoisotopic (exact) mass is 244 g/mol. The van der Waals surface area contributed by atoms with Crippen LogP contribution in [0.5, 0.6) is 5.88 Å². The molecule has 0 saturated carbocycles. The number of hydrogen-bond donors (Lipinski definition) is 1. The molecule has 4 heteroatoms. The highest BCUT2D eigenvalue weighted by Crippen LogP contribution is 2.23. The van der Waals surface area contributed by atoms with Gasteiger partial charge in [0.1, 0.15) is 0 Å². The molecule has 0 aliphatic heterocycles. The maximum atomic E-state index is 5.47. The van der Waals surface area contributed by atoms with E-state index in [1.165, 1.54) is 0 Å². The van der Waals surface area contributed by atoms with E-state index in [9.17, 15) is 0 Å². The van der Waals surface area contributed by atoms with E-state index in [0.29, 0.717) is 12.4 Å². The van der Waals surface area contributed by atoms with Crippen molar-refractivity contribution in [3.63, 3.8) is 0 Å². The van der Waals surface area contributed by atoms with Crippen molar-refractivity contribution in [2.24, 2.45) is 5.73 Å². The number of nitrogens with zero attached hydrogens (tertiary/aromatic N) is 1. The van der Waals surface area contributed by atoms with Gasteiger partial charge in [-0.15, -0.1) is 0 Å². The zero-order valence-corrected chi connectivity index (χ0v) is 9.34. The minimum Gasteiger partial charge on any atom is -0.474 e. The van der Waals surface area contributed by atoms with Crippen molar-refractivity contribution in [1.82, 2.24) is 4.98 Å².